The first-order valence-corrected chi connectivity index (χ1v) is 5.01. The summed E-state index contributed by atoms with van der Waals surface area (Å²) in [5, 5.41) is 20.2. The number of aromatic hydroxyl groups is 1. The molecule has 0 aromatic heterocycles. The highest BCUT2D eigenvalue weighted by molar-refractivity contribution is 5.95. The van der Waals surface area contributed by atoms with E-state index in [0.29, 0.717) is 5.75 Å². The van der Waals surface area contributed by atoms with E-state index >= 15 is 0 Å². The number of fused-ring (bicyclic) bond motifs is 1. The Morgan fingerprint density at radius 1 is 1.25 bits per heavy atom. The van der Waals surface area contributed by atoms with Crippen molar-refractivity contribution in [3.8, 4) is 11.8 Å². The molecule has 78 valence electrons. The Balaban J connectivity index is 2.80. The number of hydrogen-bond acceptors (Lipinski definition) is 2. The molecule has 0 atom stereocenters. The van der Waals surface area contributed by atoms with Crippen molar-refractivity contribution >= 4 is 16.8 Å². The molecule has 0 bridgehead atoms. The van der Waals surface area contributed by atoms with Gasteiger partial charge in [-0.1, -0.05) is 24.3 Å². The number of hydrogen-bond donors (Lipinski definition) is 1. The van der Waals surface area contributed by atoms with E-state index < -0.39 is 0 Å². The Morgan fingerprint density at radius 2 is 1.94 bits per heavy atom. The molecule has 0 aliphatic rings. The van der Waals surface area contributed by atoms with Crippen LogP contribution in [-0.4, -0.2) is 5.11 Å². The van der Waals surface area contributed by atoms with Crippen molar-refractivity contribution < 1.29 is 5.11 Å². The largest absolute Gasteiger partial charge is 0.507 e. The highest BCUT2D eigenvalue weighted by Gasteiger charge is 2.05. The predicted octanol–water partition coefficient (Wildman–Crippen LogP) is 3.39. The molecule has 0 heterocycles. The van der Waals surface area contributed by atoms with Crippen molar-refractivity contribution in [3.63, 3.8) is 0 Å². The summed E-state index contributed by atoms with van der Waals surface area (Å²) in [5.74, 6) is 0.310. The fourth-order valence-corrected chi connectivity index (χ4v) is 1.80. The zero-order valence-corrected chi connectivity index (χ0v) is 8.94. The molecule has 16 heavy (non-hydrogen) atoms. The molecule has 2 heteroatoms. The maximum Gasteiger partial charge on any atom is 0.126 e. The molecule has 0 aliphatic carbocycles. The van der Waals surface area contributed by atoms with Gasteiger partial charge in [0, 0.05) is 11.5 Å². The molecule has 1 N–H and O–H groups in total. The van der Waals surface area contributed by atoms with E-state index in [1.54, 1.807) is 6.08 Å². The first-order chi connectivity index (χ1) is 7.74. The average Bonchev–Trinajstić information content (AvgIpc) is 2.32. The van der Waals surface area contributed by atoms with Gasteiger partial charge in [0.1, 0.15) is 5.75 Å². The van der Waals surface area contributed by atoms with Gasteiger partial charge < -0.3 is 5.11 Å². The summed E-state index contributed by atoms with van der Waals surface area (Å²) in [7, 11) is 0. The van der Waals surface area contributed by atoms with Gasteiger partial charge in [-0.15, -0.1) is 0 Å². The smallest absolute Gasteiger partial charge is 0.126 e. The lowest BCUT2D eigenvalue weighted by molar-refractivity contribution is 0.477. The Labute approximate surface area is 94.1 Å². The second-order valence-electron chi connectivity index (χ2n) is 3.64. The summed E-state index contributed by atoms with van der Waals surface area (Å²) in [6.07, 6.45) is 3.20. The first kappa shape index (κ1) is 10.3. The minimum absolute atomic E-state index is 0.310. The SMILES string of the molecule is Cc1cc(/C=C/C#N)c2ccccc2c1O. The van der Waals surface area contributed by atoms with E-state index in [0.717, 1.165) is 21.9 Å². The minimum Gasteiger partial charge on any atom is -0.507 e. The van der Waals surface area contributed by atoms with Crippen molar-refractivity contribution in [2.75, 3.05) is 0 Å². The lowest BCUT2D eigenvalue weighted by Crippen LogP contribution is -1.83. The molecular weight excluding hydrogens is 198 g/mol. The van der Waals surface area contributed by atoms with Gasteiger partial charge in [0.25, 0.3) is 0 Å². The van der Waals surface area contributed by atoms with Crippen LogP contribution in [0, 0.1) is 18.3 Å². The summed E-state index contributed by atoms with van der Waals surface area (Å²) in [6.45, 7) is 1.85. The van der Waals surface area contributed by atoms with Crippen LogP contribution in [0.15, 0.2) is 36.4 Å². The van der Waals surface area contributed by atoms with E-state index in [1.165, 1.54) is 6.08 Å². The molecule has 2 aromatic rings. The van der Waals surface area contributed by atoms with Gasteiger partial charge in [-0.3, -0.25) is 0 Å². The normalized spacial score (nSPS) is 10.8. The fourth-order valence-electron chi connectivity index (χ4n) is 1.80. The monoisotopic (exact) mass is 209 g/mol. The number of benzene rings is 2. The second kappa shape index (κ2) is 4.08. The lowest BCUT2D eigenvalue weighted by atomic mass is 10.00. The number of rotatable bonds is 1. The van der Waals surface area contributed by atoms with E-state index in [4.69, 9.17) is 5.26 Å². The third-order valence-electron chi connectivity index (χ3n) is 2.58. The Hall–Kier alpha value is -2.27. The maximum absolute atomic E-state index is 9.92. The van der Waals surface area contributed by atoms with Crippen LogP contribution in [0.25, 0.3) is 16.8 Å². The van der Waals surface area contributed by atoms with Crippen molar-refractivity contribution in [1.82, 2.24) is 0 Å². The van der Waals surface area contributed by atoms with Gasteiger partial charge in [-0.25, -0.2) is 0 Å². The van der Waals surface area contributed by atoms with Crippen molar-refractivity contribution in [2.45, 2.75) is 6.92 Å². The maximum atomic E-state index is 9.92. The zero-order chi connectivity index (χ0) is 11.5. The fraction of sp³-hybridized carbons (Fsp3) is 0.0714. The van der Waals surface area contributed by atoms with E-state index in [1.807, 2.05) is 43.3 Å². The van der Waals surface area contributed by atoms with Gasteiger partial charge >= 0.3 is 0 Å². The van der Waals surface area contributed by atoms with Gasteiger partial charge in [-0.05, 0) is 35.6 Å². The summed E-state index contributed by atoms with van der Waals surface area (Å²) in [5.41, 5.74) is 1.77. The highest BCUT2D eigenvalue weighted by atomic mass is 16.3. The molecule has 0 amide bonds. The molecule has 0 saturated carbocycles. The van der Waals surface area contributed by atoms with Crippen LogP contribution >= 0.6 is 0 Å². The van der Waals surface area contributed by atoms with E-state index in [-0.39, 0.29) is 0 Å². The van der Waals surface area contributed by atoms with Crippen LogP contribution < -0.4 is 0 Å². The number of nitrogens with zero attached hydrogens (tertiary/aromatic N) is 1. The Kier molecular flexibility index (Phi) is 2.61. The molecule has 0 aliphatic heterocycles. The summed E-state index contributed by atoms with van der Waals surface area (Å²) in [4.78, 5) is 0. The van der Waals surface area contributed by atoms with Crippen LogP contribution in [0.3, 0.4) is 0 Å². The summed E-state index contributed by atoms with van der Waals surface area (Å²) in [6, 6.07) is 11.5. The first-order valence-electron chi connectivity index (χ1n) is 5.01. The minimum atomic E-state index is 0.310. The van der Waals surface area contributed by atoms with E-state index in [2.05, 4.69) is 0 Å². The number of nitriles is 1. The highest BCUT2D eigenvalue weighted by Crippen LogP contribution is 2.31. The zero-order valence-electron chi connectivity index (χ0n) is 8.94. The van der Waals surface area contributed by atoms with Gasteiger partial charge in [-0.2, -0.15) is 5.26 Å². The molecule has 0 saturated heterocycles. The predicted molar refractivity (Wildman–Crippen MR) is 65.0 cm³/mol. The topological polar surface area (TPSA) is 44.0 Å². The van der Waals surface area contributed by atoms with Crippen LogP contribution in [0.2, 0.25) is 0 Å². The Morgan fingerprint density at radius 3 is 2.62 bits per heavy atom. The number of phenols is 1. The summed E-state index contributed by atoms with van der Waals surface area (Å²) >= 11 is 0. The number of aryl methyl sites for hydroxylation is 1. The quantitative estimate of drug-likeness (QED) is 0.731. The van der Waals surface area contributed by atoms with Crippen LogP contribution in [0.5, 0.6) is 5.75 Å². The van der Waals surface area contributed by atoms with Crippen LogP contribution in [-0.2, 0) is 0 Å². The van der Waals surface area contributed by atoms with Crippen molar-refractivity contribution in [3.05, 3.63) is 47.5 Å². The van der Waals surface area contributed by atoms with Crippen molar-refractivity contribution in [2.24, 2.45) is 0 Å². The van der Waals surface area contributed by atoms with Gasteiger partial charge in [0.05, 0.1) is 6.07 Å². The average molecular weight is 209 g/mol. The molecule has 2 rings (SSSR count). The molecular formula is C14H11NO. The molecule has 0 radical (unpaired) electrons. The molecule has 0 unspecified atom stereocenters. The second-order valence-corrected chi connectivity index (χ2v) is 3.64. The molecule has 2 aromatic carbocycles. The van der Waals surface area contributed by atoms with Gasteiger partial charge in [0.2, 0.25) is 0 Å². The van der Waals surface area contributed by atoms with Crippen LogP contribution in [0.4, 0.5) is 0 Å². The molecule has 0 fully saturated rings. The molecule has 0 spiro atoms. The third kappa shape index (κ3) is 1.64. The third-order valence-corrected chi connectivity index (χ3v) is 2.58. The lowest BCUT2D eigenvalue weighted by Gasteiger charge is -2.07. The van der Waals surface area contributed by atoms with Gasteiger partial charge in [0.15, 0.2) is 0 Å². The Bertz CT molecular complexity index is 606. The molecule has 2 nitrogen and oxygen atoms in total. The number of allylic oxidation sites excluding steroid dienone is 1. The van der Waals surface area contributed by atoms with Crippen LogP contribution in [0.1, 0.15) is 11.1 Å². The van der Waals surface area contributed by atoms with Crippen molar-refractivity contribution in [1.29, 1.82) is 5.26 Å². The standard InChI is InChI=1S/C14H11NO/c1-10-9-11(5-4-8-15)12-6-2-3-7-13(12)14(10)16/h2-7,9,16H,1H3/b5-4+. The number of phenolic OH excluding ortho intramolecular Hbond substituents is 1. The summed E-state index contributed by atoms with van der Waals surface area (Å²) < 4.78 is 0. The van der Waals surface area contributed by atoms with E-state index in [9.17, 15) is 5.11 Å².